The number of carbonyl (C=O) groups is 2. The molecular weight excluding hydrogens is 428 g/mol. The van der Waals surface area contributed by atoms with Gasteiger partial charge in [0.05, 0.1) is 27.2 Å². The Labute approximate surface area is 171 Å². The Morgan fingerprint density at radius 2 is 1.79 bits per heavy atom. The second-order valence-electron chi connectivity index (χ2n) is 6.29. The fraction of sp³-hybridized carbons (Fsp3) is 0.300. The van der Waals surface area contributed by atoms with Crippen molar-refractivity contribution >= 4 is 39.1 Å². The van der Waals surface area contributed by atoms with E-state index >= 15 is 0 Å². The van der Waals surface area contributed by atoms with Crippen LogP contribution >= 0.6 is 15.9 Å². The van der Waals surface area contributed by atoms with E-state index in [1.54, 1.807) is 17.0 Å². The predicted octanol–water partition coefficient (Wildman–Crippen LogP) is 3.47. The first-order chi connectivity index (χ1) is 13.5. The molecule has 2 aromatic rings. The first-order valence-electron chi connectivity index (χ1n) is 8.63. The van der Waals surface area contributed by atoms with Gasteiger partial charge in [0.25, 0.3) is 0 Å². The lowest BCUT2D eigenvalue weighted by Crippen LogP contribution is -2.28. The van der Waals surface area contributed by atoms with E-state index in [0.29, 0.717) is 29.5 Å². The van der Waals surface area contributed by atoms with E-state index in [0.717, 1.165) is 10.2 Å². The van der Waals surface area contributed by atoms with Crippen molar-refractivity contribution in [3.05, 3.63) is 40.9 Å². The number of halogens is 1. The summed E-state index contributed by atoms with van der Waals surface area (Å²) in [6.45, 7) is 0.325. The molecule has 148 valence electrons. The Morgan fingerprint density at radius 1 is 1.11 bits per heavy atom. The summed E-state index contributed by atoms with van der Waals surface area (Å²) in [6.07, 6.45) is 0.156. The molecule has 0 radical (unpaired) electrons. The van der Waals surface area contributed by atoms with E-state index in [2.05, 4.69) is 21.2 Å². The zero-order valence-corrected chi connectivity index (χ0v) is 17.4. The van der Waals surface area contributed by atoms with Crippen LogP contribution in [0.25, 0.3) is 0 Å². The highest BCUT2D eigenvalue weighted by Gasteiger charge is 2.35. The number of methoxy groups -OCH3 is 3. The Balaban J connectivity index is 1.76. The minimum Gasteiger partial charge on any atom is -0.493 e. The molecule has 1 saturated heterocycles. The number of nitrogens with one attached hydrogen (secondary N) is 1. The maximum absolute atomic E-state index is 12.7. The van der Waals surface area contributed by atoms with Crippen molar-refractivity contribution in [1.29, 1.82) is 0 Å². The summed E-state index contributed by atoms with van der Waals surface area (Å²) in [5, 5.41) is 2.85. The highest BCUT2D eigenvalue weighted by atomic mass is 79.9. The molecule has 0 saturated carbocycles. The van der Waals surface area contributed by atoms with Crippen LogP contribution in [0, 0.1) is 5.92 Å². The molecule has 2 amide bonds. The van der Waals surface area contributed by atoms with Gasteiger partial charge in [0.15, 0.2) is 11.5 Å². The molecule has 28 heavy (non-hydrogen) atoms. The molecule has 1 N–H and O–H groups in total. The summed E-state index contributed by atoms with van der Waals surface area (Å²) in [5.74, 6) is 0.555. The Morgan fingerprint density at radius 3 is 2.36 bits per heavy atom. The molecular formula is C20H21BrN2O5. The van der Waals surface area contributed by atoms with E-state index in [1.807, 2.05) is 24.3 Å². The van der Waals surface area contributed by atoms with Crippen LogP contribution in [-0.4, -0.2) is 39.7 Å². The monoisotopic (exact) mass is 448 g/mol. The van der Waals surface area contributed by atoms with Crippen LogP contribution in [0.15, 0.2) is 40.9 Å². The second kappa shape index (κ2) is 8.52. The fourth-order valence-corrected chi connectivity index (χ4v) is 3.56. The number of anilines is 2. The number of ether oxygens (including phenoxy) is 3. The van der Waals surface area contributed by atoms with Gasteiger partial charge in [-0.1, -0.05) is 22.0 Å². The van der Waals surface area contributed by atoms with Crippen LogP contribution in [0.5, 0.6) is 17.2 Å². The van der Waals surface area contributed by atoms with Gasteiger partial charge in [0.2, 0.25) is 17.6 Å². The van der Waals surface area contributed by atoms with Crippen molar-refractivity contribution in [2.24, 2.45) is 5.92 Å². The molecule has 0 aromatic heterocycles. The second-order valence-corrected chi connectivity index (χ2v) is 7.20. The van der Waals surface area contributed by atoms with Crippen LogP contribution in [-0.2, 0) is 9.59 Å². The number of hydrogen-bond donors (Lipinski definition) is 1. The zero-order chi connectivity index (χ0) is 20.3. The summed E-state index contributed by atoms with van der Waals surface area (Å²) < 4.78 is 16.8. The van der Waals surface area contributed by atoms with E-state index in [4.69, 9.17) is 14.2 Å². The van der Waals surface area contributed by atoms with Crippen molar-refractivity contribution in [2.45, 2.75) is 6.42 Å². The Kier molecular flexibility index (Phi) is 6.08. The molecule has 8 heteroatoms. The van der Waals surface area contributed by atoms with Gasteiger partial charge in [0.1, 0.15) is 0 Å². The quantitative estimate of drug-likeness (QED) is 0.731. The molecule has 0 aliphatic carbocycles. The van der Waals surface area contributed by atoms with Gasteiger partial charge in [-0.25, -0.2) is 0 Å². The largest absolute Gasteiger partial charge is 0.493 e. The highest BCUT2D eigenvalue weighted by molar-refractivity contribution is 9.10. The number of benzene rings is 2. The number of nitrogens with zero attached hydrogens (tertiary/aromatic N) is 1. The fourth-order valence-electron chi connectivity index (χ4n) is 3.17. The first kappa shape index (κ1) is 20.0. The normalized spacial score (nSPS) is 16.1. The van der Waals surface area contributed by atoms with Crippen LogP contribution in [0.3, 0.4) is 0 Å². The Bertz CT molecular complexity index is 877. The molecule has 3 rings (SSSR count). The highest BCUT2D eigenvalue weighted by Crippen LogP contribution is 2.40. The predicted molar refractivity (Wildman–Crippen MR) is 109 cm³/mol. The lowest BCUT2D eigenvalue weighted by atomic mass is 10.1. The average Bonchev–Trinajstić information content (AvgIpc) is 3.09. The molecule has 2 aromatic carbocycles. The summed E-state index contributed by atoms with van der Waals surface area (Å²) in [4.78, 5) is 26.8. The Hall–Kier alpha value is -2.74. The third-order valence-corrected chi connectivity index (χ3v) is 5.04. The van der Waals surface area contributed by atoms with Crippen molar-refractivity contribution in [3.63, 3.8) is 0 Å². The molecule has 7 nitrogen and oxygen atoms in total. The number of carbonyl (C=O) groups excluding carboxylic acids is 2. The summed E-state index contributed by atoms with van der Waals surface area (Å²) in [5.41, 5.74) is 1.27. The molecule has 1 unspecified atom stereocenters. The summed E-state index contributed by atoms with van der Waals surface area (Å²) >= 11 is 3.41. The van der Waals surface area contributed by atoms with Gasteiger partial charge in [-0.15, -0.1) is 0 Å². The molecule has 1 fully saturated rings. The molecule has 0 bridgehead atoms. The first-order valence-corrected chi connectivity index (χ1v) is 9.43. The third-order valence-electron chi connectivity index (χ3n) is 4.55. The maximum Gasteiger partial charge on any atom is 0.229 e. The van der Waals surface area contributed by atoms with Crippen molar-refractivity contribution < 1.29 is 23.8 Å². The van der Waals surface area contributed by atoms with E-state index in [1.165, 1.54) is 21.3 Å². The molecule has 1 aliphatic rings. The lowest BCUT2D eigenvalue weighted by molar-refractivity contribution is -0.122. The van der Waals surface area contributed by atoms with Gasteiger partial charge < -0.3 is 24.4 Å². The lowest BCUT2D eigenvalue weighted by Gasteiger charge is -2.18. The zero-order valence-electron chi connectivity index (χ0n) is 15.8. The van der Waals surface area contributed by atoms with Gasteiger partial charge >= 0.3 is 0 Å². The van der Waals surface area contributed by atoms with Gasteiger partial charge in [-0.3, -0.25) is 9.59 Å². The topological polar surface area (TPSA) is 77.1 Å². The van der Waals surface area contributed by atoms with Crippen molar-refractivity contribution in [1.82, 2.24) is 0 Å². The summed E-state index contributed by atoms with van der Waals surface area (Å²) in [6, 6.07) is 10.8. The number of amides is 2. The van der Waals surface area contributed by atoms with Gasteiger partial charge in [-0.05, 0) is 18.2 Å². The minimum atomic E-state index is -0.453. The standard InChI is InChI=1S/C20H21BrN2O5/c1-26-16-9-14(10-17(27-2)19(16)28-3)22-20(25)12-7-18(24)23(11-12)15-6-4-5-13(21)8-15/h4-6,8-10,12H,7,11H2,1-3H3,(H,22,25). The third kappa shape index (κ3) is 4.06. The minimum absolute atomic E-state index is 0.0804. The average molecular weight is 449 g/mol. The molecule has 1 heterocycles. The van der Waals surface area contributed by atoms with Gasteiger partial charge in [0, 0.05) is 40.9 Å². The van der Waals surface area contributed by atoms with E-state index < -0.39 is 5.92 Å². The van der Waals surface area contributed by atoms with Crippen LogP contribution in [0.1, 0.15) is 6.42 Å². The van der Waals surface area contributed by atoms with Crippen LogP contribution < -0.4 is 24.4 Å². The molecule has 1 aliphatic heterocycles. The van der Waals surface area contributed by atoms with Crippen LogP contribution in [0.2, 0.25) is 0 Å². The maximum atomic E-state index is 12.7. The molecule has 1 atom stereocenters. The smallest absolute Gasteiger partial charge is 0.229 e. The van der Waals surface area contributed by atoms with E-state index in [9.17, 15) is 9.59 Å². The molecule has 0 spiro atoms. The van der Waals surface area contributed by atoms with Crippen molar-refractivity contribution in [3.8, 4) is 17.2 Å². The van der Waals surface area contributed by atoms with Gasteiger partial charge in [-0.2, -0.15) is 0 Å². The summed E-state index contributed by atoms with van der Waals surface area (Å²) in [7, 11) is 4.53. The van der Waals surface area contributed by atoms with Crippen molar-refractivity contribution in [2.75, 3.05) is 38.1 Å². The number of rotatable bonds is 6. The van der Waals surface area contributed by atoms with Crippen LogP contribution in [0.4, 0.5) is 11.4 Å². The SMILES string of the molecule is COc1cc(NC(=O)C2CC(=O)N(c3cccc(Br)c3)C2)cc(OC)c1OC. The van der Waals surface area contributed by atoms with E-state index in [-0.39, 0.29) is 18.2 Å². The number of hydrogen-bond acceptors (Lipinski definition) is 5.